The van der Waals surface area contributed by atoms with Gasteiger partial charge in [0.1, 0.15) is 5.75 Å². The van der Waals surface area contributed by atoms with Crippen molar-refractivity contribution in [2.24, 2.45) is 0 Å². The molecule has 21 heavy (non-hydrogen) atoms. The second-order valence-electron chi connectivity index (χ2n) is 4.40. The SMILES string of the molecule is CC(=O)Oc1ccccc1C(=O)Nc1ccc(CO)cc1. The van der Waals surface area contributed by atoms with Crippen LogP contribution < -0.4 is 10.1 Å². The molecule has 0 radical (unpaired) electrons. The van der Waals surface area contributed by atoms with Crippen molar-refractivity contribution >= 4 is 17.6 Å². The molecule has 2 N–H and O–H groups in total. The molecule has 0 heterocycles. The molecule has 0 aliphatic rings. The Morgan fingerprint density at radius 3 is 2.38 bits per heavy atom. The van der Waals surface area contributed by atoms with Crippen LogP contribution in [0.2, 0.25) is 0 Å². The lowest BCUT2D eigenvalue weighted by Crippen LogP contribution is -2.14. The minimum Gasteiger partial charge on any atom is -0.426 e. The molecule has 0 atom stereocenters. The molecule has 2 aromatic carbocycles. The van der Waals surface area contributed by atoms with Gasteiger partial charge < -0.3 is 15.2 Å². The van der Waals surface area contributed by atoms with Crippen molar-refractivity contribution in [2.75, 3.05) is 5.32 Å². The second kappa shape index (κ2) is 6.67. The van der Waals surface area contributed by atoms with Gasteiger partial charge in [-0.2, -0.15) is 0 Å². The third-order valence-corrected chi connectivity index (χ3v) is 2.78. The van der Waals surface area contributed by atoms with Gasteiger partial charge in [-0.1, -0.05) is 24.3 Å². The molecule has 0 aliphatic carbocycles. The summed E-state index contributed by atoms with van der Waals surface area (Å²) < 4.78 is 5.01. The van der Waals surface area contributed by atoms with Gasteiger partial charge in [-0.05, 0) is 29.8 Å². The summed E-state index contributed by atoms with van der Waals surface area (Å²) in [4.78, 5) is 23.3. The summed E-state index contributed by atoms with van der Waals surface area (Å²) in [7, 11) is 0. The van der Waals surface area contributed by atoms with Crippen LogP contribution in [-0.2, 0) is 11.4 Å². The van der Waals surface area contributed by atoms with Crippen molar-refractivity contribution in [2.45, 2.75) is 13.5 Å². The van der Waals surface area contributed by atoms with Crippen LogP contribution in [0.5, 0.6) is 5.75 Å². The fourth-order valence-corrected chi connectivity index (χ4v) is 1.79. The maximum absolute atomic E-state index is 12.2. The van der Waals surface area contributed by atoms with Gasteiger partial charge in [0.15, 0.2) is 0 Å². The minimum atomic E-state index is -0.484. The summed E-state index contributed by atoms with van der Waals surface area (Å²) in [5, 5.41) is 11.7. The van der Waals surface area contributed by atoms with E-state index in [9.17, 15) is 9.59 Å². The third kappa shape index (κ3) is 3.90. The molecular weight excluding hydrogens is 270 g/mol. The number of aliphatic hydroxyl groups excluding tert-OH is 1. The Hall–Kier alpha value is -2.66. The van der Waals surface area contributed by atoms with Crippen molar-refractivity contribution in [1.29, 1.82) is 0 Å². The predicted molar refractivity (Wildman–Crippen MR) is 78.1 cm³/mol. The normalized spacial score (nSPS) is 10.0. The Labute approximate surface area is 122 Å². The molecule has 0 aromatic heterocycles. The minimum absolute atomic E-state index is 0.0521. The molecule has 5 nitrogen and oxygen atoms in total. The van der Waals surface area contributed by atoms with E-state index in [1.165, 1.54) is 6.92 Å². The highest BCUT2D eigenvalue weighted by Crippen LogP contribution is 2.20. The van der Waals surface area contributed by atoms with Gasteiger partial charge in [0, 0.05) is 12.6 Å². The van der Waals surface area contributed by atoms with Crippen molar-refractivity contribution in [3.8, 4) is 5.75 Å². The number of rotatable bonds is 4. The highest BCUT2D eigenvalue weighted by atomic mass is 16.5. The zero-order chi connectivity index (χ0) is 15.2. The highest BCUT2D eigenvalue weighted by Gasteiger charge is 2.13. The molecule has 0 saturated carbocycles. The number of esters is 1. The van der Waals surface area contributed by atoms with Crippen LogP contribution in [0.1, 0.15) is 22.8 Å². The Kier molecular flexibility index (Phi) is 4.68. The first-order valence-corrected chi connectivity index (χ1v) is 6.38. The molecule has 5 heteroatoms. The molecular formula is C16H15NO4. The van der Waals surface area contributed by atoms with Crippen LogP contribution in [0.15, 0.2) is 48.5 Å². The number of hydrogen-bond donors (Lipinski definition) is 2. The van der Waals surface area contributed by atoms with Crippen LogP contribution in [0.4, 0.5) is 5.69 Å². The number of amides is 1. The van der Waals surface area contributed by atoms with E-state index >= 15 is 0 Å². The van der Waals surface area contributed by atoms with Crippen LogP contribution in [0.25, 0.3) is 0 Å². The fourth-order valence-electron chi connectivity index (χ4n) is 1.79. The number of para-hydroxylation sites is 1. The molecule has 1 amide bonds. The van der Waals surface area contributed by atoms with Crippen molar-refractivity contribution in [3.05, 3.63) is 59.7 Å². The number of anilines is 1. The molecule has 2 aromatic rings. The van der Waals surface area contributed by atoms with E-state index in [1.54, 1.807) is 48.5 Å². The lowest BCUT2D eigenvalue weighted by molar-refractivity contribution is -0.131. The highest BCUT2D eigenvalue weighted by molar-refractivity contribution is 6.06. The van der Waals surface area contributed by atoms with Gasteiger partial charge in [0.05, 0.1) is 12.2 Å². The molecule has 0 unspecified atom stereocenters. The van der Waals surface area contributed by atoms with Crippen LogP contribution in [-0.4, -0.2) is 17.0 Å². The summed E-state index contributed by atoms with van der Waals surface area (Å²) in [5.74, 6) is -0.638. The quantitative estimate of drug-likeness (QED) is 0.668. The van der Waals surface area contributed by atoms with Gasteiger partial charge in [0.2, 0.25) is 0 Å². The summed E-state index contributed by atoms with van der Waals surface area (Å²) in [6.07, 6.45) is 0. The average molecular weight is 285 g/mol. The number of carbonyl (C=O) groups excluding carboxylic acids is 2. The topological polar surface area (TPSA) is 75.6 Å². The van der Waals surface area contributed by atoms with E-state index in [0.29, 0.717) is 5.69 Å². The Balaban J connectivity index is 2.17. The van der Waals surface area contributed by atoms with Crippen LogP contribution in [0.3, 0.4) is 0 Å². The lowest BCUT2D eigenvalue weighted by Gasteiger charge is -2.09. The molecule has 0 fully saturated rings. The van der Waals surface area contributed by atoms with Crippen LogP contribution >= 0.6 is 0 Å². The number of ether oxygens (including phenoxy) is 1. The molecule has 0 aliphatic heterocycles. The molecule has 2 rings (SSSR count). The maximum Gasteiger partial charge on any atom is 0.308 e. The number of aliphatic hydroxyl groups is 1. The molecule has 0 bridgehead atoms. The van der Waals surface area contributed by atoms with E-state index in [1.807, 2.05) is 0 Å². The molecule has 0 saturated heterocycles. The van der Waals surface area contributed by atoms with E-state index in [4.69, 9.17) is 9.84 Å². The zero-order valence-corrected chi connectivity index (χ0v) is 11.5. The first-order chi connectivity index (χ1) is 10.1. The van der Waals surface area contributed by atoms with Crippen molar-refractivity contribution in [3.63, 3.8) is 0 Å². The third-order valence-electron chi connectivity index (χ3n) is 2.78. The van der Waals surface area contributed by atoms with Gasteiger partial charge in [-0.15, -0.1) is 0 Å². The number of nitrogens with one attached hydrogen (secondary N) is 1. The summed E-state index contributed by atoms with van der Waals surface area (Å²) >= 11 is 0. The van der Waals surface area contributed by atoms with E-state index in [-0.39, 0.29) is 23.8 Å². The number of benzene rings is 2. The van der Waals surface area contributed by atoms with E-state index in [0.717, 1.165) is 5.56 Å². The Morgan fingerprint density at radius 1 is 1.10 bits per heavy atom. The Morgan fingerprint density at radius 2 is 1.76 bits per heavy atom. The van der Waals surface area contributed by atoms with Gasteiger partial charge in [0.25, 0.3) is 5.91 Å². The first-order valence-electron chi connectivity index (χ1n) is 6.38. The van der Waals surface area contributed by atoms with Crippen molar-refractivity contribution in [1.82, 2.24) is 0 Å². The van der Waals surface area contributed by atoms with E-state index < -0.39 is 5.97 Å². The smallest absolute Gasteiger partial charge is 0.308 e. The average Bonchev–Trinajstić information content (AvgIpc) is 2.48. The van der Waals surface area contributed by atoms with Crippen molar-refractivity contribution < 1.29 is 19.4 Å². The fraction of sp³-hybridized carbons (Fsp3) is 0.125. The van der Waals surface area contributed by atoms with Crippen LogP contribution in [0, 0.1) is 0 Å². The number of carbonyl (C=O) groups is 2. The summed E-state index contributed by atoms with van der Waals surface area (Å²) in [6, 6.07) is 13.3. The summed E-state index contributed by atoms with van der Waals surface area (Å²) in [5.41, 5.74) is 1.63. The monoisotopic (exact) mass is 285 g/mol. The van der Waals surface area contributed by atoms with Gasteiger partial charge in [-0.3, -0.25) is 9.59 Å². The predicted octanol–water partition coefficient (Wildman–Crippen LogP) is 2.36. The van der Waals surface area contributed by atoms with Gasteiger partial charge >= 0.3 is 5.97 Å². The first kappa shape index (κ1) is 14.7. The van der Waals surface area contributed by atoms with Gasteiger partial charge in [-0.25, -0.2) is 0 Å². The standard InChI is InChI=1S/C16H15NO4/c1-11(19)21-15-5-3-2-4-14(15)16(20)17-13-8-6-12(10-18)7-9-13/h2-9,18H,10H2,1H3,(H,17,20). The second-order valence-corrected chi connectivity index (χ2v) is 4.40. The lowest BCUT2D eigenvalue weighted by atomic mass is 10.1. The zero-order valence-electron chi connectivity index (χ0n) is 11.5. The van der Waals surface area contributed by atoms with E-state index in [2.05, 4.69) is 5.32 Å². The largest absolute Gasteiger partial charge is 0.426 e. The molecule has 108 valence electrons. The Bertz CT molecular complexity index is 650. The number of hydrogen-bond acceptors (Lipinski definition) is 4. The maximum atomic E-state index is 12.2. The summed E-state index contributed by atoms with van der Waals surface area (Å²) in [6.45, 7) is 1.23. The molecule has 0 spiro atoms.